The molecule has 0 saturated carbocycles. The second kappa shape index (κ2) is 3.88. The molecule has 0 spiro atoms. The van der Waals surface area contributed by atoms with Gasteiger partial charge in [0.1, 0.15) is 0 Å². The highest BCUT2D eigenvalue weighted by molar-refractivity contribution is 4.95. The van der Waals surface area contributed by atoms with Gasteiger partial charge in [0.25, 0.3) is 0 Å². The van der Waals surface area contributed by atoms with E-state index in [1.54, 1.807) is 0 Å². The van der Waals surface area contributed by atoms with Crippen molar-refractivity contribution in [3.63, 3.8) is 0 Å². The molecule has 1 heterocycles. The molecule has 2 nitrogen and oxygen atoms in total. The maximum absolute atomic E-state index is 5.58. The van der Waals surface area contributed by atoms with E-state index < -0.39 is 0 Å². The Hall–Kier alpha value is -0.340. The van der Waals surface area contributed by atoms with E-state index in [-0.39, 0.29) is 0 Å². The molecule has 1 rings (SSSR count). The molecule has 1 aliphatic heterocycles. The lowest BCUT2D eigenvalue weighted by Crippen LogP contribution is -2.38. The van der Waals surface area contributed by atoms with Crippen LogP contribution in [0.25, 0.3) is 0 Å². The highest BCUT2D eigenvalue weighted by Gasteiger charge is 2.29. The van der Waals surface area contributed by atoms with Crippen LogP contribution < -0.4 is 5.32 Å². The quantitative estimate of drug-likeness (QED) is 0.618. The van der Waals surface area contributed by atoms with Gasteiger partial charge in [0.15, 0.2) is 0 Å². The summed E-state index contributed by atoms with van der Waals surface area (Å²) < 4.78 is 5.58. The zero-order valence-corrected chi connectivity index (χ0v) is 7.34. The van der Waals surface area contributed by atoms with E-state index in [9.17, 15) is 0 Å². The highest BCUT2D eigenvalue weighted by Crippen LogP contribution is 2.22. The molecule has 1 N–H and O–H groups in total. The number of likely N-dealkylation sites (N-methyl/N-ethyl adjacent to an activating group) is 1. The number of rotatable bonds is 3. The molecule has 0 bridgehead atoms. The molecule has 0 radical (unpaired) electrons. The largest absolute Gasteiger partial charge is 0.376 e. The Morgan fingerprint density at radius 1 is 1.73 bits per heavy atom. The third kappa shape index (κ3) is 1.82. The number of nitrogens with one attached hydrogen (secondary N) is 1. The summed E-state index contributed by atoms with van der Waals surface area (Å²) in [6.45, 7) is 6.90. The molecular weight excluding hydrogens is 138 g/mol. The molecule has 1 saturated heterocycles. The van der Waals surface area contributed by atoms with Gasteiger partial charge in [0, 0.05) is 6.61 Å². The molecule has 3 unspecified atom stereocenters. The third-order valence-corrected chi connectivity index (χ3v) is 2.39. The summed E-state index contributed by atoms with van der Waals surface area (Å²) in [6.07, 6.45) is 3.43. The maximum atomic E-state index is 5.58. The first kappa shape index (κ1) is 8.75. The Labute approximate surface area is 68.6 Å². The van der Waals surface area contributed by atoms with Crippen molar-refractivity contribution < 1.29 is 4.74 Å². The van der Waals surface area contributed by atoms with Gasteiger partial charge in [-0.1, -0.05) is 13.0 Å². The van der Waals surface area contributed by atoms with Crippen LogP contribution in [0.15, 0.2) is 12.7 Å². The average Bonchev–Trinajstić information content (AvgIpc) is 2.40. The summed E-state index contributed by atoms with van der Waals surface area (Å²) in [4.78, 5) is 0. The topological polar surface area (TPSA) is 21.3 Å². The molecule has 0 aromatic heterocycles. The zero-order chi connectivity index (χ0) is 8.27. The van der Waals surface area contributed by atoms with E-state index in [2.05, 4.69) is 18.8 Å². The molecule has 0 aromatic rings. The van der Waals surface area contributed by atoms with E-state index in [0.29, 0.717) is 18.1 Å². The first-order valence-corrected chi connectivity index (χ1v) is 4.21. The fourth-order valence-electron chi connectivity index (χ4n) is 1.59. The summed E-state index contributed by atoms with van der Waals surface area (Å²) in [5, 5.41) is 3.18. The van der Waals surface area contributed by atoms with Gasteiger partial charge in [0.05, 0.1) is 12.1 Å². The predicted octanol–water partition coefficient (Wildman–Crippen LogP) is 1.19. The monoisotopic (exact) mass is 155 g/mol. The normalized spacial score (nSPS) is 33.6. The Balaban J connectivity index is 2.49. The van der Waals surface area contributed by atoms with Crippen molar-refractivity contribution in [2.75, 3.05) is 13.7 Å². The van der Waals surface area contributed by atoms with Crippen LogP contribution >= 0.6 is 0 Å². The third-order valence-electron chi connectivity index (χ3n) is 2.39. The van der Waals surface area contributed by atoms with Crippen LogP contribution in [0.5, 0.6) is 0 Å². The Morgan fingerprint density at radius 2 is 2.45 bits per heavy atom. The smallest absolute Gasteiger partial charge is 0.0789 e. The SMILES string of the molecule is C=CC(NC)C1OCCC1C. The second-order valence-electron chi connectivity index (χ2n) is 3.15. The first-order valence-electron chi connectivity index (χ1n) is 4.21. The van der Waals surface area contributed by atoms with Crippen LogP contribution in [0.1, 0.15) is 13.3 Å². The zero-order valence-electron chi connectivity index (χ0n) is 7.34. The van der Waals surface area contributed by atoms with Crippen molar-refractivity contribution in [3.8, 4) is 0 Å². The predicted molar refractivity (Wildman–Crippen MR) is 46.6 cm³/mol. The van der Waals surface area contributed by atoms with Gasteiger partial charge in [-0.3, -0.25) is 0 Å². The van der Waals surface area contributed by atoms with Crippen LogP contribution in [0.2, 0.25) is 0 Å². The van der Waals surface area contributed by atoms with Gasteiger partial charge in [-0.05, 0) is 19.4 Å². The van der Waals surface area contributed by atoms with Gasteiger partial charge in [0.2, 0.25) is 0 Å². The summed E-state index contributed by atoms with van der Waals surface area (Å²) in [7, 11) is 1.95. The van der Waals surface area contributed by atoms with Crippen molar-refractivity contribution >= 4 is 0 Å². The fourth-order valence-corrected chi connectivity index (χ4v) is 1.59. The van der Waals surface area contributed by atoms with Crippen LogP contribution in [0.4, 0.5) is 0 Å². The molecule has 0 aliphatic carbocycles. The Kier molecular flexibility index (Phi) is 3.09. The molecule has 0 aromatic carbocycles. The summed E-state index contributed by atoms with van der Waals surface area (Å²) in [5.74, 6) is 0.658. The lowest BCUT2D eigenvalue weighted by molar-refractivity contribution is 0.0765. The Bertz CT molecular complexity index is 136. The van der Waals surface area contributed by atoms with Crippen molar-refractivity contribution in [1.82, 2.24) is 5.32 Å². The molecular formula is C9H17NO. The maximum Gasteiger partial charge on any atom is 0.0789 e. The average molecular weight is 155 g/mol. The van der Waals surface area contributed by atoms with E-state index in [1.165, 1.54) is 6.42 Å². The molecule has 1 aliphatic rings. The minimum Gasteiger partial charge on any atom is -0.376 e. The van der Waals surface area contributed by atoms with Crippen LogP contribution in [0.3, 0.4) is 0 Å². The highest BCUT2D eigenvalue weighted by atomic mass is 16.5. The van der Waals surface area contributed by atoms with Crippen molar-refractivity contribution in [2.24, 2.45) is 5.92 Å². The molecule has 2 heteroatoms. The van der Waals surface area contributed by atoms with Crippen LogP contribution in [-0.2, 0) is 4.74 Å². The molecule has 3 atom stereocenters. The standard InChI is InChI=1S/C9H17NO/c1-4-8(10-3)9-7(2)5-6-11-9/h4,7-10H,1,5-6H2,2-3H3. The van der Waals surface area contributed by atoms with Crippen molar-refractivity contribution in [1.29, 1.82) is 0 Å². The van der Waals surface area contributed by atoms with Gasteiger partial charge in [-0.25, -0.2) is 0 Å². The van der Waals surface area contributed by atoms with Gasteiger partial charge >= 0.3 is 0 Å². The summed E-state index contributed by atoms with van der Waals surface area (Å²) >= 11 is 0. The fraction of sp³-hybridized carbons (Fsp3) is 0.778. The summed E-state index contributed by atoms with van der Waals surface area (Å²) in [6, 6.07) is 0.312. The molecule has 11 heavy (non-hydrogen) atoms. The number of hydrogen-bond acceptors (Lipinski definition) is 2. The second-order valence-corrected chi connectivity index (χ2v) is 3.15. The Morgan fingerprint density at radius 3 is 2.82 bits per heavy atom. The minimum absolute atomic E-state index is 0.312. The van der Waals surface area contributed by atoms with Crippen LogP contribution in [-0.4, -0.2) is 25.8 Å². The minimum atomic E-state index is 0.312. The van der Waals surface area contributed by atoms with E-state index in [0.717, 1.165) is 6.61 Å². The van der Waals surface area contributed by atoms with Crippen LogP contribution in [0, 0.1) is 5.92 Å². The number of hydrogen-bond donors (Lipinski definition) is 1. The molecule has 0 amide bonds. The summed E-state index contributed by atoms with van der Waals surface area (Å²) in [5.41, 5.74) is 0. The van der Waals surface area contributed by atoms with Gasteiger partial charge in [-0.2, -0.15) is 0 Å². The molecule has 64 valence electrons. The van der Waals surface area contributed by atoms with E-state index in [4.69, 9.17) is 4.74 Å². The van der Waals surface area contributed by atoms with Gasteiger partial charge < -0.3 is 10.1 Å². The molecule has 1 fully saturated rings. The van der Waals surface area contributed by atoms with E-state index >= 15 is 0 Å². The van der Waals surface area contributed by atoms with E-state index in [1.807, 2.05) is 13.1 Å². The van der Waals surface area contributed by atoms with Crippen molar-refractivity contribution in [2.45, 2.75) is 25.5 Å². The van der Waals surface area contributed by atoms with Gasteiger partial charge in [-0.15, -0.1) is 6.58 Å². The first-order chi connectivity index (χ1) is 5.29. The lowest BCUT2D eigenvalue weighted by atomic mass is 9.98. The number of ether oxygens (including phenoxy) is 1. The lowest BCUT2D eigenvalue weighted by Gasteiger charge is -2.22. The van der Waals surface area contributed by atoms with Crippen molar-refractivity contribution in [3.05, 3.63) is 12.7 Å².